The molecule has 6 nitrogen and oxygen atoms in total. The van der Waals surface area contributed by atoms with Gasteiger partial charge in [0.2, 0.25) is 7.14 Å². The lowest BCUT2D eigenvalue weighted by atomic mass is 10.5. The van der Waals surface area contributed by atoms with E-state index in [0.717, 1.165) is 6.92 Å². The van der Waals surface area contributed by atoms with Crippen molar-refractivity contribution in [3.63, 3.8) is 0 Å². The van der Waals surface area contributed by atoms with E-state index in [1.807, 2.05) is 0 Å². The zero-order valence-corrected chi connectivity index (χ0v) is 7.90. The lowest BCUT2D eigenvalue weighted by molar-refractivity contribution is -0.136. The van der Waals surface area contributed by atoms with Crippen molar-refractivity contribution in [1.82, 2.24) is 0 Å². The van der Waals surface area contributed by atoms with Gasteiger partial charge in [-0.05, 0) is 6.92 Å². The number of hydrogen-bond donors (Lipinski definition) is 3. The summed E-state index contributed by atoms with van der Waals surface area (Å²) in [7, 11) is -3.87. The first kappa shape index (κ1) is 12.1. The molecule has 0 aromatic rings. The predicted molar refractivity (Wildman–Crippen MR) is 44.7 cm³/mol. The first-order valence-electron chi connectivity index (χ1n) is 3.52. The van der Waals surface area contributed by atoms with Crippen LogP contribution in [0.4, 0.5) is 4.79 Å². The van der Waals surface area contributed by atoms with Crippen LogP contribution in [0.1, 0.15) is 6.92 Å². The quantitative estimate of drug-likeness (QED) is 0.569. The average Bonchev–Trinajstić information content (AvgIpc) is 2.02. The van der Waals surface area contributed by atoms with Crippen molar-refractivity contribution in [2.75, 3.05) is 12.8 Å². The number of carboxylic acid groups (broad SMARTS) is 2. The number of aliphatic carboxylic acids is 1. The van der Waals surface area contributed by atoms with Crippen LogP contribution in [0.2, 0.25) is 0 Å². The normalized spacial score (nSPS) is 17.4. The third-order valence-corrected chi connectivity index (χ3v) is 4.72. The predicted octanol–water partition coefficient (Wildman–Crippen LogP) is 0.493. The molecule has 2 unspecified atom stereocenters. The Labute approximate surface area is 74.6 Å². The van der Waals surface area contributed by atoms with Gasteiger partial charge in [-0.3, -0.25) is 4.79 Å². The van der Waals surface area contributed by atoms with Crippen LogP contribution in [-0.2, 0) is 9.36 Å². The maximum absolute atomic E-state index is 11.5. The Morgan fingerprint density at radius 1 is 1.38 bits per heavy atom. The maximum Gasteiger partial charge on any atom is 0.362 e. The third kappa shape index (κ3) is 2.54. The summed E-state index contributed by atoms with van der Waals surface area (Å²) in [6.45, 7) is 0.466. The van der Waals surface area contributed by atoms with Gasteiger partial charge in [0.1, 0.15) is 5.66 Å². The number of rotatable bonds is 5. The molecule has 3 N–H and O–H groups in total. The molecular formula is C6H11O6P. The molecule has 2 atom stereocenters. The summed E-state index contributed by atoms with van der Waals surface area (Å²) in [5.41, 5.74) is -3.10. The Morgan fingerprint density at radius 3 is 2.08 bits per heavy atom. The molecule has 0 aliphatic rings. The van der Waals surface area contributed by atoms with Crippen LogP contribution >= 0.6 is 7.14 Å². The Balaban J connectivity index is 4.90. The van der Waals surface area contributed by atoms with E-state index >= 15 is 0 Å². The summed E-state index contributed by atoms with van der Waals surface area (Å²) in [6, 6.07) is 0. The lowest BCUT2D eigenvalue weighted by Gasteiger charge is -2.15. The molecule has 0 aliphatic heterocycles. The molecule has 0 amide bonds. The molecule has 13 heavy (non-hydrogen) atoms. The zero-order valence-electron chi connectivity index (χ0n) is 7.01. The Morgan fingerprint density at radius 2 is 1.85 bits per heavy atom. The van der Waals surface area contributed by atoms with Gasteiger partial charge < -0.3 is 19.9 Å². The van der Waals surface area contributed by atoms with Gasteiger partial charge in [0.25, 0.3) is 0 Å². The van der Waals surface area contributed by atoms with E-state index in [1.54, 1.807) is 0 Å². The molecule has 0 spiro atoms. The van der Waals surface area contributed by atoms with Crippen molar-refractivity contribution < 1.29 is 29.5 Å². The summed E-state index contributed by atoms with van der Waals surface area (Å²) >= 11 is 0. The second kappa shape index (κ2) is 4.39. The summed E-state index contributed by atoms with van der Waals surface area (Å²) in [4.78, 5) is 20.9. The van der Waals surface area contributed by atoms with Crippen LogP contribution in [0.25, 0.3) is 0 Å². The minimum Gasteiger partial charge on any atom is -0.481 e. The number of carbonyl (C=O) groups is 2. The fraction of sp³-hybridized carbons (Fsp3) is 0.667. The average molecular weight is 210 g/mol. The van der Waals surface area contributed by atoms with E-state index in [0.29, 0.717) is 0 Å². The molecule has 76 valence electrons. The highest BCUT2D eigenvalue weighted by Gasteiger charge is 2.41. The lowest BCUT2D eigenvalue weighted by Crippen LogP contribution is -2.23. The van der Waals surface area contributed by atoms with Gasteiger partial charge in [-0.25, -0.2) is 4.79 Å². The Hall–Kier alpha value is -0.870. The van der Waals surface area contributed by atoms with Gasteiger partial charge in [0.15, 0.2) is 0 Å². The number of hydrogen-bond acceptors (Lipinski definition) is 4. The smallest absolute Gasteiger partial charge is 0.362 e. The molecule has 7 heteroatoms. The molecule has 0 saturated heterocycles. The number of aliphatic hydroxyl groups is 1. The number of carboxylic acids is 1. The minimum absolute atomic E-state index is 0.504. The Bertz CT molecular complexity index is 260. The highest BCUT2D eigenvalue weighted by atomic mass is 31.2. The van der Waals surface area contributed by atoms with E-state index < -0.39 is 37.2 Å². The van der Waals surface area contributed by atoms with Crippen molar-refractivity contribution in [2.24, 2.45) is 0 Å². The third-order valence-electron chi connectivity index (χ3n) is 1.74. The monoisotopic (exact) mass is 210 g/mol. The van der Waals surface area contributed by atoms with Gasteiger partial charge >= 0.3 is 11.7 Å². The molecule has 0 rings (SSSR count). The zero-order chi connectivity index (χ0) is 10.6. The van der Waals surface area contributed by atoms with Crippen LogP contribution in [0.15, 0.2) is 0 Å². The van der Waals surface area contributed by atoms with E-state index in [9.17, 15) is 14.2 Å². The van der Waals surface area contributed by atoms with Crippen molar-refractivity contribution in [3.8, 4) is 0 Å². The molecule has 0 heterocycles. The SMILES string of the molecule is CC(C(=O)O)P(=O)(CCO)C(=O)O. The van der Waals surface area contributed by atoms with E-state index in [2.05, 4.69) is 0 Å². The molecule has 0 radical (unpaired) electrons. The second-order valence-electron chi connectivity index (χ2n) is 2.54. The molecular weight excluding hydrogens is 199 g/mol. The van der Waals surface area contributed by atoms with Crippen LogP contribution in [-0.4, -0.2) is 45.4 Å². The molecule has 0 bridgehead atoms. The van der Waals surface area contributed by atoms with Crippen molar-refractivity contribution in [2.45, 2.75) is 12.6 Å². The highest BCUT2D eigenvalue weighted by Crippen LogP contribution is 2.50. The standard InChI is InChI=1S/C6H11O6P/c1-4(5(8)9)13(12,3-2-7)6(10)11/h4,7H,2-3H2,1H3,(H,8,9)(H,10,11). The second-order valence-corrected chi connectivity index (χ2v) is 5.74. The van der Waals surface area contributed by atoms with Crippen molar-refractivity contribution >= 4 is 18.8 Å². The van der Waals surface area contributed by atoms with Gasteiger partial charge in [-0.2, -0.15) is 0 Å². The van der Waals surface area contributed by atoms with Crippen molar-refractivity contribution in [3.05, 3.63) is 0 Å². The van der Waals surface area contributed by atoms with Crippen LogP contribution < -0.4 is 0 Å². The fourth-order valence-corrected chi connectivity index (χ4v) is 2.35. The van der Waals surface area contributed by atoms with Gasteiger partial charge in [0, 0.05) is 6.16 Å². The number of aliphatic hydroxyl groups excluding tert-OH is 1. The van der Waals surface area contributed by atoms with Gasteiger partial charge in [0.05, 0.1) is 6.61 Å². The summed E-state index contributed by atoms with van der Waals surface area (Å²) in [6.07, 6.45) is -0.504. The largest absolute Gasteiger partial charge is 0.481 e. The molecule has 0 aromatic heterocycles. The topological polar surface area (TPSA) is 112 Å². The highest BCUT2D eigenvalue weighted by molar-refractivity contribution is 7.81. The maximum atomic E-state index is 11.5. The van der Waals surface area contributed by atoms with E-state index in [4.69, 9.17) is 15.3 Å². The molecule has 0 aromatic carbocycles. The van der Waals surface area contributed by atoms with Crippen LogP contribution in [0.5, 0.6) is 0 Å². The van der Waals surface area contributed by atoms with Gasteiger partial charge in [-0.1, -0.05) is 0 Å². The van der Waals surface area contributed by atoms with Gasteiger partial charge in [-0.15, -0.1) is 0 Å². The van der Waals surface area contributed by atoms with Crippen molar-refractivity contribution in [1.29, 1.82) is 0 Å². The van der Waals surface area contributed by atoms with E-state index in [-0.39, 0.29) is 0 Å². The molecule has 0 aliphatic carbocycles. The van der Waals surface area contributed by atoms with Crippen LogP contribution in [0, 0.1) is 0 Å². The Kier molecular flexibility index (Phi) is 4.10. The minimum atomic E-state index is -3.87. The molecule has 0 saturated carbocycles. The van der Waals surface area contributed by atoms with Crippen LogP contribution in [0.3, 0.4) is 0 Å². The summed E-state index contributed by atoms with van der Waals surface area (Å²) in [5.74, 6) is -1.43. The summed E-state index contributed by atoms with van der Waals surface area (Å²) < 4.78 is 11.5. The molecule has 0 fully saturated rings. The summed E-state index contributed by atoms with van der Waals surface area (Å²) in [5, 5.41) is 25.5. The first-order chi connectivity index (χ1) is 5.86. The van der Waals surface area contributed by atoms with E-state index in [1.165, 1.54) is 0 Å². The first-order valence-corrected chi connectivity index (χ1v) is 5.48. The fourth-order valence-electron chi connectivity index (χ4n) is 0.782.